The molecule has 0 amide bonds. The van der Waals surface area contributed by atoms with Gasteiger partial charge in [0, 0.05) is 18.3 Å². The third-order valence-electron chi connectivity index (χ3n) is 1.89. The molecular formula is C10H11F4NO. The zero-order chi connectivity index (χ0) is 12.2. The minimum atomic E-state index is -4.21. The number of hydrogen-bond donors (Lipinski definition) is 1. The van der Waals surface area contributed by atoms with E-state index >= 15 is 0 Å². The molecule has 0 fully saturated rings. The molecule has 0 spiro atoms. The van der Waals surface area contributed by atoms with Gasteiger partial charge < -0.3 is 10.1 Å². The van der Waals surface area contributed by atoms with Crippen LogP contribution in [0.3, 0.4) is 0 Å². The van der Waals surface area contributed by atoms with E-state index in [1.165, 1.54) is 19.2 Å². The molecule has 1 rings (SSSR count). The summed E-state index contributed by atoms with van der Waals surface area (Å²) in [6.45, 7) is -0.282. The number of methoxy groups -OCH3 is 1. The second-order valence-corrected chi connectivity index (χ2v) is 3.14. The second kappa shape index (κ2) is 5.05. The van der Waals surface area contributed by atoms with Crippen molar-refractivity contribution < 1.29 is 22.3 Å². The lowest BCUT2D eigenvalue weighted by Gasteiger charge is -2.09. The molecule has 0 aliphatic rings. The van der Waals surface area contributed by atoms with E-state index in [4.69, 9.17) is 0 Å². The van der Waals surface area contributed by atoms with E-state index in [1.54, 1.807) is 0 Å². The van der Waals surface area contributed by atoms with Gasteiger partial charge in [0.05, 0.1) is 13.5 Å². The maximum Gasteiger partial charge on any atom is 0.390 e. The summed E-state index contributed by atoms with van der Waals surface area (Å²) >= 11 is 0. The number of hydrogen-bond acceptors (Lipinski definition) is 2. The highest BCUT2D eigenvalue weighted by Crippen LogP contribution is 2.22. The van der Waals surface area contributed by atoms with Crippen LogP contribution in [0.25, 0.3) is 0 Å². The minimum absolute atomic E-state index is 0.0568. The molecule has 1 aromatic carbocycles. The molecule has 0 heterocycles. The van der Waals surface area contributed by atoms with Crippen molar-refractivity contribution in [1.29, 1.82) is 0 Å². The molecule has 0 aromatic heterocycles. The molecule has 2 nitrogen and oxygen atoms in total. The van der Waals surface area contributed by atoms with Gasteiger partial charge in [-0.25, -0.2) is 4.39 Å². The summed E-state index contributed by atoms with van der Waals surface area (Å²) in [6.07, 6.45) is -5.17. The summed E-state index contributed by atoms with van der Waals surface area (Å²) in [7, 11) is 1.31. The number of rotatable bonds is 4. The van der Waals surface area contributed by atoms with Gasteiger partial charge >= 0.3 is 6.18 Å². The number of nitrogens with one attached hydrogen (secondary N) is 1. The number of alkyl halides is 3. The van der Waals surface area contributed by atoms with Crippen LogP contribution in [0.4, 0.5) is 23.2 Å². The van der Waals surface area contributed by atoms with Crippen LogP contribution in [0.5, 0.6) is 5.75 Å². The average molecular weight is 237 g/mol. The Bertz CT molecular complexity index is 351. The third-order valence-corrected chi connectivity index (χ3v) is 1.89. The van der Waals surface area contributed by atoms with Crippen molar-refractivity contribution in [3.8, 4) is 5.75 Å². The van der Waals surface area contributed by atoms with Crippen LogP contribution in [0.15, 0.2) is 18.2 Å². The average Bonchev–Trinajstić information content (AvgIpc) is 2.16. The third kappa shape index (κ3) is 3.96. The predicted octanol–water partition coefficient (Wildman–Crippen LogP) is 3.20. The van der Waals surface area contributed by atoms with E-state index in [0.717, 1.165) is 6.07 Å². The SMILES string of the molecule is COc1ccc(NCCC(F)(F)F)cc1F. The zero-order valence-corrected chi connectivity index (χ0v) is 8.57. The lowest BCUT2D eigenvalue weighted by atomic mass is 10.3. The first kappa shape index (κ1) is 12.6. The van der Waals surface area contributed by atoms with Crippen LogP contribution in [0.2, 0.25) is 0 Å². The Morgan fingerprint density at radius 1 is 1.31 bits per heavy atom. The molecule has 0 saturated carbocycles. The van der Waals surface area contributed by atoms with Gasteiger partial charge in [0.2, 0.25) is 0 Å². The van der Waals surface area contributed by atoms with Crippen LogP contribution >= 0.6 is 0 Å². The normalized spacial score (nSPS) is 11.3. The van der Waals surface area contributed by atoms with Crippen LogP contribution < -0.4 is 10.1 Å². The second-order valence-electron chi connectivity index (χ2n) is 3.14. The van der Waals surface area contributed by atoms with Crippen LogP contribution in [0, 0.1) is 5.82 Å². The van der Waals surface area contributed by atoms with Gasteiger partial charge in [-0.1, -0.05) is 0 Å². The lowest BCUT2D eigenvalue weighted by Crippen LogP contribution is -2.14. The Balaban J connectivity index is 2.52. The molecule has 0 aliphatic carbocycles. The molecule has 0 atom stereocenters. The quantitative estimate of drug-likeness (QED) is 0.812. The van der Waals surface area contributed by atoms with Gasteiger partial charge in [-0.2, -0.15) is 13.2 Å². The van der Waals surface area contributed by atoms with Crippen molar-refractivity contribution in [1.82, 2.24) is 0 Å². The van der Waals surface area contributed by atoms with Gasteiger partial charge in [0.15, 0.2) is 11.6 Å². The largest absolute Gasteiger partial charge is 0.494 e. The predicted molar refractivity (Wildman–Crippen MR) is 52.1 cm³/mol. The van der Waals surface area contributed by atoms with Crippen molar-refractivity contribution in [2.24, 2.45) is 0 Å². The standard InChI is InChI=1S/C10H11F4NO/c1-16-9-3-2-7(6-8(9)11)15-5-4-10(12,13)14/h2-3,6,15H,4-5H2,1H3. The highest BCUT2D eigenvalue weighted by molar-refractivity contribution is 5.47. The fourth-order valence-corrected chi connectivity index (χ4v) is 1.12. The molecule has 90 valence electrons. The Morgan fingerprint density at radius 2 is 2.00 bits per heavy atom. The number of anilines is 1. The van der Waals surface area contributed by atoms with E-state index in [9.17, 15) is 17.6 Å². The number of halogens is 4. The molecule has 0 radical (unpaired) electrons. The van der Waals surface area contributed by atoms with Gasteiger partial charge in [-0.05, 0) is 12.1 Å². The zero-order valence-electron chi connectivity index (χ0n) is 8.57. The molecule has 0 unspecified atom stereocenters. The first-order chi connectivity index (χ1) is 7.42. The van der Waals surface area contributed by atoms with Crippen molar-refractivity contribution in [2.45, 2.75) is 12.6 Å². The van der Waals surface area contributed by atoms with E-state index < -0.39 is 18.4 Å². The molecule has 0 saturated heterocycles. The summed E-state index contributed by atoms with van der Waals surface area (Å²) in [5.41, 5.74) is 0.294. The van der Waals surface area contributed by atoms with Gasteiger partial charge in [-0.15, -0.1) is 0 Å². The highest BCUT2D eigenvalue weighted by atomic mass is 19.4. The lowest BCUT2D eigenvalue weighted by molar-refractivity contribution is -0.131. The Hall–Kier alpha value is -1.46. The van der Waals surface area contributed by atoms with E-state index in [-0.39, 0.29) is 12.3 Å². The first-order valence-electron chi connectivity index (χ1n) is 4.56. The van der Waals surface area contributed by atoms with Crippen molar-refractivity contribution >= 4 is 5.69 Å². The van der Waals surface area contributed by atoms with E-state index in [0.29, 0.717) is 5.69 Å². The molecular weight excluding hydrogens is 226 g/mol. The summed E-state index contributed by atoms with van der Waals surface area (Å²) < 4.78 is 53.3. The summed E-state index contributed by atoms with van der Waals surface area (Å²) in [4.78, 5) is 0. The summed E-state index contributed by atoms with van der Waals surface area (Å²) in [6, 6.07) is 3.90. The van der Waals surface area contributed by atoms with E-state index in [2.05, 4.69) is 10.1 Å². The fourth-order valence-electron chi connectivity index (χ4n) is 1.12. The van der Waals surface area contributed by atoms with E-state index in [1.807, 2.05) is 0 Å². The van der Waals surface area contributed by atoms with Gasteiger partial charge in [-0.3, -0.25) is 0 Å². The molecule has 0 bridgehead atoms. The molecule has 6 heteroatoms. The minimum Gasteiger partial charge on any atom is -0.494 e. The molecule has 0 aliphatic heterocycles. The van der Waals surface area contributed by atoms with Crippen LogP contribution in [-0.2, 0) is 0 Å². The molecule has 16 heavy (non-hydrogen) atoms. The Labute approximate surface area is 90.2 Å². The maximum atomic E-state index is 13.1. The Morgan fingerprint density at radius 3 is 2.50 bits per heavy atom. The topological polar surface area (TPSA) is 21.3 Å². The monoisotopic (exact) mass is 237 g/mol. The van der Waals surface area contributed by atoms with Gasteiger partial charge in [0.1, 0.15) is 0 Å². The van der Waals surface area contributed by atoms with Crippen LogP contribution in [0.1, 0.15) is 6.42 Å². The first-order valence-corrected chi connectivity index (χ1v) is 4.56. The van der Waals surface area contributed by atoms with Gasteiger partial charge in [0.25, 0.3) is 0 Å². The summed E-state index contributed by atoms with van der Waals surface area (Å²) in [5.74, 6) is -0.555. The number of ether oxygens (including phenoxy) is 1. The molecule has 1 N–H and O–H groups in total. The van der Waals surface area contributed by atoms with Crippen molar-refractivity contribution in [3.63, 3.8) is 0 Å². The van der Waals surface area contributed by atoms with Crippen LogP contribution in [-0.4, -0.2) is 19.8 Å². The molecule has 1 aromatic rings. The van der Waals surface area contributed by atoms with Crippen molar-refractivity contribution in [3.05, 3.63) is 24.0 Å². The number of benzene rings is 1. The fraction of sp³-hybridized carbons (Fsp3) is 0.400. The highest BCUT2D eigenvalue weighted by Gasteiger charge is 2.26. The smallest absolute Gasteiger partial charge is 0.390 e. The maximum absolute atomic E-state index is 13.1. The van der Waals surface area contributed by atoms with Crippen molar-refractivity contribution in [2.75, 3.05) is 19.0 Å². The Kier molecular flexibility index (Phi) is 3.98. The summed E-state index contributed by atoms with van der Waals surface area (Å²) in [5, 5.41) is 2.48.